The third-order valence-corrected chi connectivity index (χ3v) is 4.75. The van der Waals surface area contributed by atoms with E-state index in [9.17, 15) is 19.7 Å². The summed E-state index contributed by atoms with van der Waals surface area (Å²) in [5, 5.41) is 10.6. The van der Waals surface area contributed by atoms with Crippen LogP contribution in [0.1, 0.15) is 11.1 Å². The molecule has 6 nitrogen and oxygen atoms in total. The monoisotopic (exact) mass is 374 g/mol. The van der Waals surface area contributed by atoms with E-state index >= 15 is 0 Å². The number of rotatable bonds is 4. The second kappa shape index (κ2) is 7.08. The van der Waals surface area contributed by atoms with Gasteiger partial charge in [-0.25, -0.2) is 0 Å². The fourth-order valence-electron chi connectivity index (χ4n) is 2.31. The second-order valence-electron chi connectivity index (χ2n) is 5.22. The number of halogens is 1. The highest BCUT2D eigenvalue weighted by Gasteiger charge is 2.35. The van der Waals surface area contributed by atoms with Gasteiger partial charge in [0.25, 0.3) is 16.8 Å². The number of nitro groups is 1. The molecule has 0 unspecified atom stereocenters. The minimum atomic E-state index is -0.596. The molecular formula is C17H11ClN2O4S. The van der Waals surface area contributed by atoms with Crippen molar-refractivity contribution in [2.75, 3.05) is 0 Å². The molecule has 0 atom stereocenters. The molecule has 0 N–H and O–H groups in total. The highest BCUT2D eigenvalue weighted by atomic mass is 35.5. The van der Waals surface area contributed by atoms with Gasteiger partial charge in [-0.2, -0.15) is 0 Å². The van der Waals surface area contributed by atoms with Crippen LogP contribution < -0.4 is 0 Å². The summed E-state index contributed by atoms with van der Waals surface area (Å²) in [6.07, 6.45) is 1.46. The van der Waals surface area contributed by atoms with Gasteiger partial charge in [0.05, 0.1) is 16.4 Å². The Morgan fingerprint density at radius 2 is 1.88 bits per heavy atom. The van der Waals surface area contributed by atoms with Crippen molar-refractivity contribution in [1.29, 1.82) is 0 Å². The zero-order valence-corrected chi connectivity index (χ0v) is 14.3. The maximum atomic E-state index is 12.5. The Balaban J connectivity index is 1.85. The van der Waals surface area contributed by atoms with Crippen molar-refractivity contribution in [2.24, 2.45) is 0 Å². The van der Waals surface area contributed by atoms with Gasteiger partial charge in [-0.15, -0.1) is 0 Å². The van der Waals surface area contributed by atoms with Crippen LogP contribution in [0.15, 0.2) is 53.4 Å². The molecule has 0 aromatic heterocycles. The van der Waals surface area contributed by atoms with Crippen molar-refractivity contribution in [1.82, 2.24) is 4.90 Å². The van der Waals surface area contributed by atoms with Crippen molar-refractivity contribution in [2.45, 2.75) is 6.54 Å². The number of amides is 2. The standard InChI is InChI=1S/C17H11ClN2O4S/c18-13-7-6-12(8-14(13)20(23)24)9-15-16(21)19(17(22)25-15)10-11-4-2-1-3-5-11/h1-9H,10H2/b15-9-. The molecular weight excluding hydrogens is 364 g/mol. The SMILES string of the molecule is O=C1S/C(=C\c2ccc(Cl)c([N+](=O)[O-])c2)C(=O)N1Cc1ccccc1. The lowest BCUT2D eigenvalue weighted by Crippen LogP contribution is -2.27. The Bertz CT molecular complexity index is 899. The molecule has 0 spiro atoms. The van der Waals surface area contributed by atoms with Crippen molar-refractivity contribution < 1.29 is 14.5 Å². The number of thioether (sulfide) groups is 1. The minimum absolute atomic E-state index is 0.0133. The predicted molar refractivity (Wildman–Crippen MR) is 96.1 cm³/mol. The first-order valence-corrected chi connectivity index (χ1v) is 8.38. The first-order chi connectivity index (χ1) is 12.0. The summed E-state index contributed by atoms with van der Waals surface area (Å²) in [5.74, 6) is -0.420. The van der Waals surface area contributed by atoms with Crippen molar-refractivity contribution in [3.05, 3.63) is 79.7 Å². The number of nitro benzene ring substituents is 1. The predicted octanol–water partition coefficient (Wildman–Crippen LogP) is 4.48. The van der Waals surface area contributed by atoms with Gasteiger partial charge in [0.2, 0.25) is 0 Å². The minimum Gasteiger partial charge on any atom is -0.268 e. The third-order valence-electron chi connectivity index (χ3n) is 3.52. The van der Waals surface area contributed by atoms with Crippen molar-refractivity contribution in [3.8, 4) is 0 Å². The maximum absolute atomic E-state index is 12.5. The molecule has 2 aromatic carbocycles. The van der Waals surface area contributed by atoms with Crippen LogP contribution in [0.2, 0.25) is 5.02 Å². The van der Waals surface area contributed by atoms with E-state index < -0.39 is 10.8 Å². The Morgan fingerprint density at radius 3 is 2.56 bits per heavy atom. The van der Waals surface area contributed by atoms with Crippen LogP contribution in [-0.4, -0.2) is 21.0 Å². The Hall–Kier alpha value is -2.64. The van der Waals surface area contributed by atoms with E-state index in [4.69, 9.17) is 11.6 Å². The average Bonchev–Trinajstić information content (AvgIpc) is 2.85. The summed E-state index contributed by atoms with van der Waals surface area (Å²) < 4.78 is 0. The number of benzene rings is 2. The molecule has 126 valence electrons. The molecule has 2 aromatic rings. The van der Waals surface area contributed by atoms with Crippen LogP contribution >= 0.6 is 23.4 Å². The quantitative estimate of drug-likeness (QED) is 0.447. The number of hydrogen-bond donors (Lipinski definition) is 0. The summed E-state index contributed by atoms with van der Waals surface area (Å²) in [6.45, 7) is 0.184. The zero-order valence-electron chi connectivity index (χ0n) is 12.7. The Morgan fingerprint density at radius 1 is 1.16 bits per heavy atom. The number of nitrogens with zero attached hydrogens (tertiary/aromatic N) is 2. The topological polar surface area (TPSA) is 80.5 Å². The van der Waals surface area contributed by atoms with Gasteiger partial charge in [0.1, 0.15) is 5.02 Å². The molecule has 0 bridgehead atoms. The van der Waals surface area contributed by atoms with Gasteiger partial charge < -0.3 is 0 Å². The fourth-order valence-corrected chi connectivity index (χ4v) is 3.34. The number of carbonyl (C=O) groups is 2. The van der Waals surface area contributed by atoms with Crippen LogP contribution in [0.25, 0.3) is 6.08 Å². The molecule has 1 aliphatic heterocycles. The van der Waals surface area contributed by atoms with E-state index in [0.29, 0.717) is 5.56 Å². The smallest absolute Gasteiger partial charge is 0.268 e. The van der Waals surface area contributed by atoms with Gasteiger partial charge in [0.15, 0.2) is 0 Å². The normalized spacial score (nSPS) is 15.9. The van der Waals surface area contributed by atoms with Crippen LogP contribution in [0.4, 0.5) is 10.5 Å². The van der Waals surface area contributed by atoms with Gasteiger partial charge in [-0.3, -0.25) is 24.6 Å². The zero-order chi connectivity index (χ0) is 18.0. The number of carbonyl (C=O) groups excluding carboxylic acids is 2. The van der Waals surface area contributed by atoms with Gasteiger partial charge in [-0.05, 0) is 35.0 Å². The molecule has 1 heterocycles. The van der Waals surface area contributed by atoms with E-state index in [1.807, 2.05) is 30.3 Å². The molecule has 8 heteroatoms. The number of hydrogen-bond acceptors (Lipinski definition) is 5. The Labute approximate surface area is 152 Å². The molecule has 3 rings (SSSR count). The van der Waals surface area contributed by atoms with Crippen LogP contribution in [0, 0.1) is 10.1 Å². The molecule has 1 aliphatic rings. The summed E-state index contributed by atoms with van der Waals surface area (Å²) in [6, 6.07) is 13.4. The van der Waals surface area contributed by atoms with Crippen molar-refractivity contribution >= 4 is 46.3 Å². The lowest BCUT2D eigenvalue weighted by atomic mass is 10.2. The fraction of sp³-hybridized carbons (Fsp3) is 0.0588. The van der Waals surface area contributed by atoms with E-state index in [1.54, 1.807) is 6.07 Å². The van der Waals surface area contributed by atoms with Gasteiger partial charge in [0, 0.05) is 6.07 Å². The van der Waals surface area contributed by atoms with Gasteiger partial charge >= 0.3 is 0 Å². The lowest BCUT2D eigenvalue weighted by Gasteiger charge is -2.12. The van der Waals surface area contributed by atoms with Crippen molar-refractivity contribution in [3.63, 3.8) is 0 Å². The van der Waals surface area contributed by atoms with Crippen LogP contribution in [0.3, 0.4) is 0 Å². The molecule has 0 radical (unpaired) electrons. The lowest BCUT2D eigenvalue weighted by molar-refractivity contribution is -0.384. The molecule has 25 heavy (non-hydrogen) atoms. The molecule has 2 amide bonds. The van der Waals surface area contributed by atoms with E-state index in [-0.39, 0.29) is 27.4 Å². The number of imide groups is 1. The van der Waals surface area contributed by atoms with Crippen LogP contribution in [0.5, 0.6) is 0 Å². The highest BCUT2D eigenvalue weighted by Crippen LogP contribution is 2.34. The largest absolute Gasteiger partial charge is 0.293 e. The maximum Gasteiger partial charge on any atom is 0.293 e. The summed E-state index contributed by atoms with van der Waals surface area (Å²) in [5.41, 5.74) is 1.02. The van der Waals surface area contributed by atoms with E-state index in [2.05, 4.69) is 0 Å². The van der Waals surface area contributed by atoms with E-state index in [1.165, 1.54) is 18.2 Å². The summed E-state index contributed by atoms with van der Waals surface area (Å²) >= 11 is 6.59. The average molecular weight is 375 g/mol. The first kappa shape index (κ1) is 17.2. The van der Waals surface area contributed by atoms with E-state index in [0.717, 1.165) is 22.2 Å². The first-order valence-electron chi connectivity index (χ1n) is 7.19. The molecule has 0 saturated carbocycles. The molecule has 0 aliphatic carbocycles. The molecule has 1 fully saturated rings. The third kappa shape index (κ3) is 3.72. The van der Waals surface area contributed by atoms with Crippen LogP contribution in [-0.2, 0) is 11.3 Å². The summed E-state index contributed by atoms with van der Waals surface area (Å²) in [7, 11) is 0. The Kier molecular flexibility index (Phi) is 4.87. The highest BCUT2D eigenvalue weighted by molar-refractivity contribution is 8.18. The molecule has 1 saturated heterocycles. The second-order valence-corrected chi connectivity index (χ2v) is 6.62. The summed E-state index contributed by atoms with van der Waals surface area (Å²) in [4.78, 5) is 36.3. The van der Waals surface area contributed by atoms with Gasteiger partial charge in [-0.1, -0.05) is 48.0 Å².